The Morgan fingerprint density at radius 1 is 1.39 bits per heavy atom. The standard InChI is InChI=1S/C13H19ClN2S.ClH/c1-11-10-15-6-7-16(11)8-9-17-13-4-2-12(14)3-5-13;/h2-5,11,15H,6-10H2,1H3;1H/t11-;/m1./s1. The smallest absolute Gasteiger partial charge is 0.0406 e. The van der Waals surface area contributed by atoms with E-state index in [4.69, 9.17) is 11.6 Å². The first-order valence-electron chi connectivity index (χ1n) is 6.09. The van der Waals surface area contributed by atoms with Crippen LogP contribution in [0.2, 0.25) is 5.02 Å². The second-order valence-corrected chi connectivity index (χ2v) is 6.00. The molecular formula is C13H20Cl2N2S. The maximum Gasteiger partial charge on any atom is 0.0406 e. The van der Waals surface area contributed by atoms with Crippen molar-refractivity contribution in [2.24, 2.45) is 0 Å². The van der Waals surface area contributed by atoms with Crippen LogP contribution in [0, 0.1) is 0 Å². The monoisotopic (exact) mass is 306 g/mol. The fourth-order valence-corrected chi connectivity index (χ4v) is 3.04. The van der Waals surface area contributed by atoms with E-state index in [0.29, 0.717) is 6.04 Å². The van der Waals surface area contributed by atoms with Crippen LogP contribution in [0.3, 0.4) is 0 Å². The Kier molecular flexibility index (Phi) is 7.42. The van der Waals surface area contributed by atoms with Gasteiger partial charge in [0.05, 0.1) is 0 Å². The quantitative estimate of drug-likeness (QED) is 0.860. The van der Waals surface area contributed by atoms with Crippen molar-refractivity contribution in [3.05, 3.63) is 29.3 Å². The molecule has 0 aliphatic carbocycles. The van der Waals surface area contributed by atoms with Crippen LogP contribution in [-0.2, 0) is 0 Å². The predicted molar refractivity (Wildman–Crippen MR) is 83.3 cm³/mol. The van der Waals surface area contributed by atoms with Gasteiger partial charge in [-0.2, -0.15) is 0 Å². The summed E-state index contributed by atoms with van der Waals surface area (Å²) in [6.07, 6.45) is 0. The molecule has 1 aromatic carbocycles. The lowest BCUT2D eigenvalue weighted by atomic mass is 10.2. The maximum absolute atomic E-state index is 5.86. The number of nitrogens with zero attached hydrogens (tertiary/aromatic N) is 1. The number of halogens is 2. The molecule has 0 amide bonds. The SMILES string of the molecule is C[C@@H]1CNCCN1CCSc1ccc(Cl)cc1.Cl. The van der Waals surface area contributed by atoms with Gasteiger partial charge in [0.15, 0.2) is 0 Å². The number of benzene rings is 1. The fraction of sp³-hybridized carbons (Fsp3) is 0.538. The van der Waals surface area contributed by atoms with Gasteiger partial charge in [0.1, 0.15) is 0 Å². The summed E-state index contributed by atoms with van der Waals surface area (Å²) in [6, 6.07) is 8.76. The van der Waals surface area contributed by atoms with Gasteiger partial charge in [0, 0.05) is 47.9 Å². The van der Waals surface area contributed by atoms with Gasteiger partial charge in [-0.25, -0.2) is 0 Å². The van der Waals surface area contributed by atoms with E-state index in [9.17, 15) is 0 Å². The van der Waals surface area contributed by atoms with Crippen LogP contribution in [0.1, 0.15) is 6.92 Å². The third kappa shape index (κ3) is 4.98. The molecule has 1 fully saturated rings. The first-order valence-corrected chi connectivity index (χ1v) is 7.45. The van der Waals surface area contributed by atoms with Crippen molar-refractivity contribution in [2.45, 2.75) is 17.9 Å². The highest BCUT2D eigenvalue weighted by Gasteiger charge is 2.16. The number of hydrogen-bond donors (Lipinski definition) is 1. The number of hydrogen-bond acceptors (Lipinski definition) is 3. The highest BCUT2D eigenvalue weighted by Crippen LogP contribution is 2.20. The van der Waals surface area contributed by atoms with E-state index in [1.54, 1.807) is 0 Å². The van der Waals surface area contributed by atoms with Crippen LogP contribution in [0.25, 0.3) is 0 Å². The Morgan fingerprint density at radius 2 is 2.11 bits per heavy atom. The normalized spacial score (nSPS) is 20.4. The maximum atomic E-state index is 5.86. The summed E-state index contributed by atoms with van der Waals surface area (Å²) < 4.78 is 0. The molecule has 2 nitrogen and oxygen atoms in total. The summed E-state index contributed by atoms with van der Waals surface area (Å²) in [6.45, 7) is 6.86. The van der Waals surface area contributed by atoms with Gasteiger partial charge < -0.3 is 5.32 Å². The van der Waals surface area contributed by atoms with Crippen molar-refractivity contribution in [1.29, 1.82) is 0 Å². The van der Waals surface area contributed by atoms with Gasteiger partial charge >= 0.3 is 0 Å². The molecule has 0 spiro atoms. The molecule has 1 aliphatic rings. The molecular weight excluding hydrogens is 287 g/mol. The number of thioether (sulfide) groups is 1. The van der Waals surface area contributed by atoms with E-state index in [0.717, 1.165) is 30.4 Å². The molecule has 1 heterocycles. The van der Waals surface area contributed by atoms with E-state index in [-0.39, 0.29) is 12.4 Å². The van der Waals surface area contributed by atoms with Crippen molar-refractivity contribution >= 4 is 35.8 Å². The number of piperazine rings is 1. The first-order chi connectivity index (χ1) is 8.25. The second kappa shape index (κ2) is 8.28. The van der Waals surface area contributed by atoms with E-state index in [1.165, 1.54) is 11.4 Å². The Hall–Kier alpha value is 0.0700. The molecule has 0 aromatic heterocycles. The van der Waals surface area contributed by atoms with Crippen LogP contribution >= 0.6 is 35.8 Å². The molecule has 0 unspecified atom stereocenters. The van der Waals surface area contributed by atoms with Crippen molar-refractivity contribution in [1.82, 2.24) is 10.2 Å². The first kappa shape index (κ1) is 16.1. The average Bonchev–Trinajstić information content (AvgIpc) is 2.34. The topological polar surface area (TPSA) is 15.3 Å². The second-order valence-electron chi connectivity index (χ2n) is 4.39. The summed E-state index contributed by atoms with van der Waals surface area (Å²) in [5.74, 6) is 1.14. The molecule has 1 saturated heterocycles. The molecule has 0 bridgehead atoms. The zero-order chi connectivity index (χ0) is 12.1. The van der Waals surface area contributed by atoms with Gasteiger partial charge in [0.25, 0.3) is 0 Å². The van der Waals surface area contributed by atoms with Gasteiger partial charge in [-0.05, 0) is 31.2 Å². The third-order valence-electron chi connectivity index (χ3n) is 3.10. The van der Waals surface area contributed by atoms with Gasteiger partial charge in [-0.3, -0.25) is 4.90 Å². The van der Waals surface area contributed by atoms with Crippen molar-refractivity contribution in [2.75, 3.05) is 31.9 Å². The molecule has 102 valence electrons. The van der Waals surface area contributed by atoms with Gasteiger partial charge in [0.2, 0.25) is 0 Å². The van der Waals surface area contributed by atoms with Crippen LogP contribution in [0.15, 0.2) is 29.2 Å². The lowest BCUT2D eigenvalue weighted by Gasteiger charge is -2.33. The number of rotatable bonds is 4. The molecule has 2 rings (SSSR count). The number of nitrogens with one attached hydrogen (secondary N) is 1. The summed E-state index contributed by atoms with van der Waals surface area (Å²) >= 11 is 7.77. The molecule has 1 N–H and O–H groups in total. The van der Waals surface area contributed by atoms with Crippen molar-refractivity contribution < 1.29 is 0 Å². The minimum Gasteiger partial charge on any atom is -0.314 e. The van der Waals surface area contributed by atoms with Gasteiger partial charge in [-0.15, -0.1) is 24.2 Å². The average molecular weight is 307 g/mol. The van der Waals surface area contributed by atoms with Crippen LogP contribution in [0.5, 0.6) is 0 Å². The fourth-order valence-electron chi connectivity index (χ4n) is 2.03. The largest absolute Gasteiger partial charge is 0.314 e. The van der Waals surface area contributed by atoms with Crippen molar-refractivity contribution in [3.63, 3.8) is 0 Å². The lowest BCUT2D eigenvalue weighted by Crippen LogP contribution is -2.50. The van der Waals surface area contributed by atoms with E-state index in [2.05, 4.69) is 29.3 Å². The summed E-state index contributed by atoms with van der Waals surface area (Å²) in [5, 5.41) is 4.23. The Morgan fingerprint density at radius 3 is 2.78 bits per heavy atom. The molecule has 5 heteroatoms. The molecule has 1 atom stereocenters. The Balaban J connectivity index is 0.00000162. The third-order valence-corrected chi connectivity index (χ3v) is 4.34. The Labute approximate surface area is 125 Å². The van der Waals surface area contributed by atoms with Crippen LogP contribution in [-0.4, -0.2) is 42.9 Å². The Bertz CT molecular complexity index is 345. The van der Waals surface area contributed by atoms with E-state index >= 15 is 0 Å². The van der Waals surface area contributed by atoms with Crippen molar-refractivity contribution in [3.8, 4) is 0 Å². The summed E-state index contributed by atoms with van der Waals surface area (Å²) in [4.78, 5) is 3.86. The molecule has 0 radical (unpaired) electrons. The van der Waals surface area contributed by atoms with E-state index in [1.807, 2.05) is 23.9 Å². The molecule has 1 aliphatic heterocycles. The van der Waals surface area contributed by atoms with E-state index < -0.39 is 0 Å². The summed E-state index contributed by atoms with van der Waals surface area (Å²) in [5.41, 5.74) is 0. The molecule has 18 heavy (non-hydrogen) atoms. The molecule has 0 saturated carbocycles. The zero-order valence-corrected chi connectivity index (χ0v) is 13.0. The molecule has 1 aromatic rings. The zero-order valence-electron chi connectivity index (χ0n) is 10.6. The highest BCUT2D eigenvalue weighted by molar-refractivity contribution is 7.99. The predicted octanol–water partition coefficient (Wildman–Crippen LogP) is 3.15. The van der Waals surface area contributed by atoms with Gasteiger partial charge in [-0.1, -0.05) is 11.6 Å². The van der Waals surface area contributed by atoms with Crippen LogP contribution < -0.4 is 5.32 Å². The minimum atomic E-state index is 0. The minimum absolute atomic E-state index is 0. The van der Waals surface area contributed by atoms with Crippen LogP contribution in [0.4, 0.5) is 0 Å². The lowest BCUT2D eigenvalue weighted by molar-refractivity contribution is 0.185. The summed E-state index contributed by atoms with van der Waals surface area (Å²) in [7, 11) is 0. The highest BCUT2D eigenvalue weighted by atomic mass is 35.5.